The maximum absolute atomic E-state index is 13.1. The first kappa shape index (κ1) is 14.4. The van der Waals surface area contributed by atoms with Gasteiger partial charge in [0, 0.05) is 18.7 Å². The molecule has 2 atom stereocenters. The smallest absolute Gasteiger partial charge is 0.153 e. The Hall–Kier alpha value is -1.01. The van der Waals surface area contributed by atoms with E-state index in [9.17, 15) is 22.3 Å². The van der Waals surface area contributed by atoms with Gasteiger partial charge in [0.15, 0.2) is 9.84 Å². The number of rotatable bonds is 3. The van der Waals surface area contributed by atoms with Crippen molar-refractivity contribution in [2.24, 2.45) is 0 Å². The van der Waals surface area contributed by atoms with E-state index in [2.05, 4.69) is 0 Å². The van der Waals surface area contributed by atoms with E-state index in [0.717, 1.165) is 24.5 Å². The van der Waals surface area contributed by atoms with Crippen molar-refractivity contribution in [3.05, 3.63) is 35.4 Å². The molecule has 6 heteroatoms. The Morgan fingerprint density at radius 2 is 1.89 bits per heavy atom. The molecule has 0 aromatic heterocycles. The molecule has 1 aromatic rings. The lowest BCUT2D eigenvalue weighted by atomic mass is 9.92. The van der Waals surface area contributed by atoms with Crippen LogP contribution < -0.4 is 0 Å². The molecule has 1 N–H and O–H groups in total. The van der Waals surface area contributed by atoms with Crippen LogP contribution in [0.15, 0.2) is 18.2 Å². The zero-order chi connectivity index (χ0) is 14.3. The van der Waals surface area contributed by atoms with Crippen LogP contribution in [0.25, 0.3) is 0 Å². The van der Waals surface area contributed by atoms with Gasteiger partial charge in [0.05, 0.1) is 10.9 Å². The number of aliphatic hydroxyl groups is 1. The van der Waals surface area contributed by atoms with E-state index < -0.39 is 32.3 Å². The van der Waals surface area contributed by atoms with E-state index in [0.29, 0.717) is 19.3 Å². The minimum absolute atomic E-state index is 0.0561. The minimum Gasteiger partial charge on any atom is -0.388 e. The number of hydrogen-bond donors (Lipinski definition) is 1. The summed E-state index contributed by atoms with van der Waals surface area (Å²) in [5.74, 6) is -1.46. The van der Waals surface area contributed by atoms with E-state index in [1.54, 1.807) is 0 Å². The highest BCUT2D eigenvalue weighted by molar-refractivity contribution is 7.91. The molecule has 0 heterocycles. The average molecular weight is 290 g/mol. The molecule has 19 heavy (non-hydrogen) atoms. The largest absolute Gasteiger partial charge is 0.388 e. The zero-order valence-electron chi connectivity index (χ0n) is 10.6. The Morgan fingerprint density at radius 1 is 1.32 bits per heavy atom. The number of hydrogen-bond acceptors (Lipinski definition) is 3. The summed E-state index contributed by atoms with van der Waals surface area (Å²) in [5.41, 5.74) is -1.16. The van der Waals surface area contributed by atoms with Gasteiger partial charge in [-0.25, -0.2) is 17.2 Å². The quantitative estimate of drug-likeness (QED) is 0.924. The summed E-state index contributed by atoms with van der Waals surface area (Å²) < 4.78 is 49.6. The second-order valence-corrected chi connectivity index (χ2v) is 7.50. The highest BCUT2D eigenvalue weighted by Gasteiger charge is 2.46. The van der Waals surface area contributed by atoms with Gasteiger partial charge in [0.25, 0.3) is 0 Å². The van der Waals surface area contributed by atoms with Crippen LogP contribution in [0, 0.1) is 11.6 Å². The Kier molecular flexibility index (Phi) is 3.66. The molecule has 106 valence electrons. The van der Waals surface area contributed by atoms with Crippen LogP contribution in [0.3, 0.4) is 0 Å². The van der Waals surface area contributed by atoms with Gasteiger partial charge in [-0.1, -0.05) is 0 Å². The third kappa shape index (κ3) is 3.12. The highest BCUT2D eigenvalue weighted by atomic mass is 32.2. The zero-order valence-corrected chi connectivity index (χ0v) is 11.4. The number of benzene rings is 1. The standard InChI is InChI=1S/C13H16F2O3S/c1-19(17,18)12-3-2-4-13(12,16)8-9-5-10(14)7-11(15)6-9/h5-7,12,16H,2-4,8H2,1H3. The van der Waals surface area contributed by atoms with Crippen molar-refractivity contribution < 1.29 is 22.3 Å². The van der Waals surface area contributed by atoms with Gasteiger partial charge >= 0.3 is 0 Å². The molecule has 2 unspecified atom stereocenters. The molecule has 1 aliphatic carbocycles. The van der Waals surface area contributed by atoms with Crippen LogP contribution >= 0.6 is 0 Å². The first-order valence-corrected chi connectivity index (χ1v) is 8.02. The second kappa shape index (κ2) is 4.83. The maximum atomic E-state index is 13.1. The van der Waals surface area contributed by atoms with Crippen molar-refractivity contribution >= 4 is 9.84 Å². The summed E-state index contributed by atoms with van der Waals surface area (Å²) in [4.78, 5) is 0. The van der Waals surface area contributed by atoms with Crippen LogP contribution in [0.4, 0.5) is 8.78 Å². The second-order valence-electron chi connectivity index (χ2n) is 5.27. The summed E-state index contributed by atoms with van der Waals surface area (Å²) in [5, 5.41) is 9.63. The fourth-order valence-electron chi connectivity index (χ4n) is 2.90. The molecule has 1 aromatic carbocycles. The molecule has 0 amide bonds. The summed E-state index contributed by atoms with van der Waals surface area (Å²) in [6, 6.07) is 2.99. The first-order valence-electron chi connectivity index (χ1n) is 6.07. The third-order valence-electron chi connectivity index (χ3n) is 3.62. The van der Waals surface area contributed by atoms with E-state index in [-0.39, 0.29) is 12.0 Å². The molecule has 0 saturated heterocycles. The Labute approximate surface area is 111 Å². The number of sulfone groups is 1. The lowest BCUT2D eigenvalue weighted by molar-refractivity contribution is 0.0511. The molecule has 0 radical (unpaired) electrons. The average Bonchev–Trinajstić information content (AvgIpc) is 2.57. The van der Waals surface area contributed by atoms with E-state index in [4.69, 9.17) is 0 Å². The van der Waals surface area contributed by atoms with Gasteiger partial charge in [-0.2, -0.15) is 0 Å². The topological polar surface area (TPSA) is 54.4 Å². The van der Waals surface area contributed by atoms with Crippen LogP contribution in [-0.4, -0.2) is 30.6 Å². The van der Waals surface area contributed by atoms with Crippen LogP contribution in [-0.2, 0) is 16.3 Å². The molecule has 1 fully saturated rings. The van der Waals surface area contributed by atoms with Gasteiger partial charge in [-0.15, -0.1) is 0 Å². The Morgan fingerprint density at radius 3 is 2.42 bits per heavy atom. The van der Waals surface area contributed by atoms with Crippen LogP contribution in [0.1, 0.15) is 24.8 Å². The van der Waals surface area contributed by atoms with Crippen molar-refractivity contribution in [2.45, 2.75) is 36.5 Å². The summed E-state index contributed by atoms with van der Waals surface area (Å²) in [6.07, 6.45) is 2.32. The monoisotopic (exact) mass is 290 g/mol. The normalized spacial score (nSPS) is 27.7. The molecule has 0 bridgehead atoms. The summed E-state index contributed by atoms with van der Waals surface area (Å²) in [7, 11) is -3.39. The molecule has 1 saturated carbocycles. The predicted molar refractivity (Wildman–Crippen MR) is 67.5 cm³/mol. The van der Waals surface area contributed by atoms with E-state index in [1.807, 2.05) is 0 Å². The lowest BCUT2D eigenvalue weighted by Gasteiger charge is -2.29. The molecule has 3 nitrogen and oxygen atoms in total. The summed E-state index contributed by atoms with van der Waals surface area (Å²) in [6.45, 7) is 0. The van der Waals surface area contributed by atoms with Gasteiger partial charge < -0.3 is 5.11 Å². The first-order chi connectivity index (χ1) is 8.71. The molecule has 2 rings (SSSR count). The van der Waals surface area contributed by atoms with Gasteiger partial charge in [0.1, 0.15) is 11.6 Å². The van der Waals surface area contributed by atoms with Crippen molar-refractivity contribution in [1.82, 2.24) is 0 Å². The Balaban J connectivity index is 2.30. The van der Waals surface area contributed by atoms with E-state index in [1.165, 1.54) is 0 Å². The molecule has 0 spiro atoms. The molecule has 1 aliphatic rings. The van der Waals surface area contributed by atoms with Crippen molar-refractivity contribution in [1.29, 1.82) is 0 Å². The van der Waals surface area contributed by atoms with Gasteiger partial charge in [-0.3, -0.25) is 0 Å². The Bertz CT molecular complexity index is 565. The molecular weight excluding hydrogens is 274 g/mol. The van der Waals surface area contributed by atoms with Gasteiger partial charge in [0.2, 0.25) is 0 Å². The fraction of sp³-hybridized carbons (Fsp3) is 0.538. The lowest BCUT2D eigenvalue weighted by Crippen LogP contribution is -2.44. The van der Waals surface area contributed by atoms with Gasteiger partial charge in [-0.05, 0) is 37.0 Å². The number of halogens is 2. The van der Waals surface area contributed by atoms with Crippen molar-refractivity contribution in [2.75, 3.05) is 6.26 Å². The van der Waals surface area contributed by atoms with Crippen LogP contribution in [0.2, 0.25) is 0 Å². The summed E-state index contributed by atoms with van der Waals surface area (Å²) >= 11 is 0. The fourth-order valence-corrected chi connectivity index (χ4v) is 4.50. The predicted octanol–water partition coefficient (Wildman–Crippen LogP) is 1.84. The minimum atomic E-state index is -3.39. The molecule has 0 aliphatic heterocycles. The molecular formula is C13H16F2O3S. The van der Waals surface area contributed by atoms with Crippen molar-refractivity contribution in [3.63, 3.8) is 0 Å². The third-order valence-corrected chi connectivity index (χ3v) is 5.33. The van der Waals surface area contributed by atoms with Crippen LogP contribution in [0.5, 0.6) is 0 Å². The van der Waals surface area contributed by atoms with E-state index >= 15 is 0 Å². The SMILES string of the molecule is CS(=O)(=O)C1CCCC1(O)Cc1cc(F)cc(F)c1. The maximum Gasteiger partial charge on any atom is 0.153 e. The van der Waals surface area contributed by atoms with Crippen molar-refractivity contribution in [3.8, 4) is 0 Å². The highest BCUT2D eigenvalue weighted by Crippen LogP contribution is 2.37.